The van der Waals surface area contributed by atoms with Crippen LogP contribution in [0.25, 0.3) is 10.2 Å². The summed E-state index contributed by atoms with van der Waals surface area (Å²) in [5.41, 5.74) is 1.64. The van der Waals surface area contributed by atoms with Gasteiger partial charge in [-0.2, -0.15) is 4.31 Å². The predicted octanol–water partition coefficient (Wildman–Crippen LogP) is 5.22. The van der Waals surface area contributed by atoms with Crippen molar-refractivity contribution in [2.45, 2.75) is 107 Å². The SMILES string of the molecule is CC(C)CN(CC(O)C(Cc1ccccc1)NC(=O)O[C@H]1CO[C@H]2OCC[C@H]21)S(=O)(=O)c1ccc2nc(NC3CCN(C4CCCC4)CC3)sc2c1. The third kappa shape index (κ3) is 8.91. The molecule has 3 saturated heterocycles. The van der Waals surface area contributed by atoms with Crippen molar-refractivity contribution < 1.29 is 32.5 Å². The van der Waals surface area contributed by atoms with Gasteiger partial charge >= 0.3 is 6.09 Å². The topological polar surface area (TPSA) is 143 Å². The molecule has 0 spiro atoms. The van der Waals surface area contributed by atoms with Crippen molar-refractivity contribution in [1.29, 1.82) is 0 Å². The third-order valence-electron chi connectivity index (χ3n) is 11.0. The Labute approximate surface area is 311 Å². The van der Waals surface area contributed by atoms with Crippen LogP contribution >= 0.6 is 11.3 Å². The van der Waals surface area contributed by atoms with E-state index in [-0.39, 0.29) is 49.1 Å². The summed E-state index contributed by atoms with van der Waals surface area (Å²) in [5.74, 6) is -0.0448. The molecule has 52 heavy (non-hydrogen) atoms. The molecule has 3 N–H and O–H groups in total. The Morgan fingerprint density at radius 2 is 1.83 bits per heavy atom. The zero-order valence-electron chi connectivity index (χ0n) is 30.2. The Kier molecular flexibility index (Phi) is 12.0. The minimum atomic E-state index is -4.03. The molecule has 3 aliphatic heterocycles. The Bertz CT molecular complexity index is 1740. The zero-order chi connectivity index (χ0) is 36.2. The second-order valence-corrected chi connectivity index (χ2v) is 18.2. The molecule has 4 fully saturated rings. The molecule has 1 aromatic heterocycles. The first-order valence-corrected chi connectivity index (χ1v) is 21.2. The summed E-state index contributed by atoms with van der Waals surface area (Å²) in [6, 6.07) is 14.8. The molecule has 3 aromatic rings. The molecule has 1 amide bonds. The average molecular weight is 756 g/mol. The van der Waals surface area contributed by atoms with Crippen molar-refractivity contribution in [2.75, 3.05) is 44.7 Å². The number of alkyl carbamates (subject to hydrolysis) is 1. The number of hydrogen-bond acceptors (Lipinski definition) is 11. The molecule has 7 rings (SSSR count). The van der Waals surface area contributed by atoms with Crippen LogP contribution in [0.4, 0.5) is 9.93 Å². The highest BCUT2D eigenvalue weighted by Crippen LogP contribution is 2.34. The quantitative estimate of drug-likeness (QED) is 0.201. The van der Waals surface area contributed by atoms with E-state index in [2.05, 4.69) is 15.5 Å². The molecule has 4 aliphatic rings. The zero-order valence-corrected chi connectivity index (χ0v) is 31.8. The second kappa shape index (κ2) is 16.7. The molecular weight excluding hydrogens is 703 g/mol. The van der Waals surface area contributed by atoms with Gasteiger partial charge in [0.1, 0.15) is 6.10 Å². The standard InChI is InChI=1S/C38H53N5O7S2/c1-25(2)22-43(23-33(44)32(20-26-8-4-3-5-9-26)41-38(45)50-34-24-49-36-30(34)16-19-48-36)52(46,47)29-12-13-31-35(21-29)51-37(40-31)39-27-14-17-42(18-15-27)28-10-6-7-11-28/h3-5,8-9,12-13,21,25,27-28,30,32-34,36,44H,6-7,10-11,14-20,22-24H2,1-2H3,(H,39,40)(H,41,45)/t30-,32?,33?,34-,36+/m0/s1. The van der Waals surface area contributed by atoms with E-state index in [9.17, 15) is 18.3 Å². The van der Waals surface area contributed by atoms with Crippen molar-refractivity contribution in [1.82, 2.24) is 19.5 Å². The van der Waals surface area contributed by atoms with E-state index in [1.165, 1.54) is 41.3 Å². The van der Waals surface area contributed by atoms with E-state index in [4.69, 9.17) is 19.2 Å². The molecule has 1 aliphatic carbocycles. The van der Waals surface area contributed by atoms with Gasteiger partial charge in [-0.15, -0.1) is 0 Å². The minimum absolute atomic E-state index is 0.0144. The van der Waals surface area contributed by atoms with Crippen molar-refractivity contribution in [2.24, 2.45) is 11.8 Å². The maximum absolute atomic E-state index is 14.3. The number of benzene rings is 2. The van der Waals surface area contributed by atoms with Crippen LogP contribution in [-0.4, -0.2) is 110 Å². The number of aromatic nitrogens is 1. The lowest BCUT2D eigenvalue weighted by atomic mass is 10.0. The van der Waals surface area contributed by atoms with Crippen molar-refractivity contribution in [3.05, 3.63) is 54.1 Å². The fourth-order valence-electron chi connectivity index (χ4n) is 8.16. The van der Waals surface area contributed by atoms with E-state index < -0.39 is 34.4 Å². The van der Waals surface area contributed by atoms with Crippen molar-refractivity contribution >= 4 is 42.8 Å². The van der Waals surface area contributed by atoms with Crippen LogP contribution < -0.4 is 10.6 Å². The monoisotopic (exact) mass is 755 g/mol. The van der Waals surface area contributed by atoms with Crippen LogP contribution in [0.15, 0.2) is 53.4 Å². The third-order valence-corrected chi connectivity index (χ3v) is 13.7. The summed E-state index contributed by atoms with van der Waals surface area (Å²) < 4.78 is 47.6. The van der Waals surface area contributed by atoms with Gasteiger partial charge in [0.25, 0.3) is 0 Å². The van der Waals surface area contributed by atoms with E-state index in [0.717, 1.165) is 59.3 Å². The second-order valence-electron chi connectivity index (χ2n) is 15.2. The molecule has 2 aromatic carbocycles. The number of amides is 1. The van der Waals surface area contributed by atoms with Crippen LogP contribution in [0.2, 0.25) is 0 Å². The minimum Gasteiger partial charge on any atom is -0.443 e. The van der Waals surface area contributed by atoms with Crippen LogP contribution in [-0.2, 0) is 30.7 Å². The summed E-state index contributed by atoms with van der Waals surface area (Å²) >= 11 is 1.47. The first-order chi connectivity index (χ1) is 25.1. The number of rotatable bonds is 14. The lowest BCUT2D eigenvalue weighted by Crippen LogP contribution is -2.51. The number of fused-ring (bicyclic) bond motifs is 2. The highest BCUT2D eigenvalue weighted by molar-refractivity contribution is 7.89. The molecule has 12 nitrogen and oxygen atoms in total. The van der Waals surface area contributed by atoms with Crippen LogP contribution in [0.3, 0.4) is 0 Å². The molecule has 14 heteroatoms. The molecule has 2 unspecified atom stereocenters. The van der Waals surface area contributed by atoms with Gasteiger partial charge in [-0.1, -0.05) is 68.4 Å². The van der Waals surface area contributed by atoms with Crippen LogP contribution in [0.1, 0.15) is 64.4 Å². The largest absolute Gasteiger partial charge is 0.443 e. The number of nitrogens with one attached hydrogen (secondary N) is 2. The number of sulfonamides is 1. The van der Waals surface area contributed by atoms with Gasteiger partial charge < -0.3 is 34.9 Å². The first kappa shape index (κ1) is 37.5. The number of aliphatic hydroxyl groups is 1. The molecule has 0 bridgehead atoms. The summed E-state index contributed by atoms with van der Waals surface area (Å²) in [6.45, 7) is 6.87. The highest BCUT2D eigenvalue weighted by Gasteiger charge is 2.44. The van der Waals surface area contributed by atoms with Gasteiger partial charge in [-0.3, -0.25) is 0 Å². The number of ether oxygens (including phenoxy) is 3. The number of hydrogen-bond donors (Lipinski definition) is 3. The van der Waals surface area contributed by atoms with E-state index >= 15 is 0 Å². The summed E-state index contributed by atoms with van der Waals surface area (Å²) in [6.07, 6.45) is 5.77. The summed E-state index contributed by atoms with van der Waals surface area (Å²) in [4.78, 5) is 20.8. The Balaban J connectivity index is 1.03. The normalized spacial score (nSPS) is 24.4. The van der Waals surface area contributed by atoms with Gasteiger partial charge in [0.2, 0.25) is 10.0 Å². The van der Waals surface area contributed by atoms with E-state index in [0.29, 0.717) is 12.6 Å². The Morgan fingerprint density at radius 3 is 2.58 bits per heavy atom. The Morgan fingerprint density at radius 1 is 1.06 bits per heavy atom. The van der Waals surface area contributed by atoms with Gasteiger partial charge in [-0.05, 0) is 68.2 Å². The number of likely N-dealkylation sites (tertiary alicyclic amines) is 1. The number of anilines is 1. The number of carbonyl (C=O) groups is 1. The smallest absolute Gasteiger partial charge is 0.407 e. The molecule has 1 saturated carbocycles. The lowest BCUT2D eigenvalue weighted by molar-refractivity contribution is -0.0907. The fourth-order valence-corrected chi connectivity index (χ4v) is 10.9. The molecule has 4 heterocycles. The number of nitrogens with zero attached hydrogens (tertiary/aromatic N) is 3. The van der Waals surface area contributed by atoms with Crippen LogP contribution in [0, 0.1) is 11.8 Å². The van der Waals surface area contributed by atoms with Crippen molar-refractivity contribution in [3.63, 3.8) is 0 Å². The molecule has 284 valence electrons. The van der Waals surface area contributed by atoms with Crippen LogP contribution in [0.5, 0.6) is 0 Å². The van der Waals surface area contributed by atoms with Crippen molar-refractivity contribution in [3.8, 4) is 0 Å². The maximum atomic E-state index is 14.3. The average Bonchev–Trinajstić information content (AvgIpc) is 3.95. The summed E-state index contributed by atoms with van der Waals surface area (Å²) in [7, 11) is -4.03. The van der Waals surface area contributed by atoms with Gasteiger partial charge in [0.05, 0.1) is 46.4 Å². The predicted molar refractivity (Wildman–Crippen MR) is 201 cm³/mol. The lowest BCUT2D eigenvalue weighted by Gasteiger charge is -2.36. The maximum Gasteiger partial charge on any atom is 0.407 e. The number of aliphatic hydroxyl groups excluding tert-OH is 1. The molecular formula is C38H53N5O7S2. The summed E-state index contributed by atoms with van der Waals surface area (Å²) in [5, 5.41) is 19.0. The number of thiazole rings is 1. The number of carbonyl (C=O) groups excluding carboxylic acids is 1. The highest BCUT2D eigenvalue weighted by atomic mass is 32.2. The van der Waals surface area contributed by atoms with E-state index in [1.54, 1.807) is 18.2 Å². The molecule has 5 atom stereocenters. The van der Waals surface area contributed by atoms with Gasteiger partial charge in [0, 0.05) is 38.3 Å². The Hall–Kier alpha value is -2.85. The first-order valence-electron chi connectivity index (χ1n) is 19.0. The van der Waals surface area contributed by atoms with Gasteiger partial charge in [0.15, 0.2) is 11.4 Å². The van der Waals surface area contributed by atoms with E-state index in [1.807, 2.05) is 44.2 Å². The fraction of sp³-hybridized carbons (Fsp3) is 0.632. The van der Waals surface area contributed by atoms with Gasteiger partial charge in [-0.25, -0.2) is 18.2 Å². The molecule has 0 radical (unpaired) electrons. The number of piperidine rings is 1.